The number of rotatable bonds is 5. The van der Waals surface area contributed by atoms with Gasteiger partial charge in [0, 0.05) is 19.2 Å². The largest absolute Gasteiger partial charge is 0.342 e. The van der Waals surface area contributed by atoms with Gasteiger partial charge in [0.2, 0.25) is 0 Å². The van der Waals surface area contributed by atoms with Crippen molar-refractivity contribution in [3.8, 4) is 0 Å². The standard InChI is InChI=1S/C21H19FN2O3S/c1-3-23(2)19(25)16-6-4-5-15(11-16)12-18-20(26)24(21(27)28-18)13-14-7-9-17(22)10-8-14/h4-12H,3,13H2,1-2H3. The molecule has 0 saturated carbocycles. The summed E-state index contributed by atoms with van der Waals surface area (Å²) in [6, 6.07) is 12.6. The van der Waals surface area contributed by atoms with Gasteiger partial charge in [-0.15, -0.1) is 0 Å². The van der Waals surface area contributed by atoms with Crippen molar-refractivity contribution < 1.29 is 18.8 Å². The Morgan fingerprint density at radius 2 is 1.89 bits per heavy atom. The molecule has 7 heteroatoms. The van der Waals surface area contributed by atoms with Gasteiger partial charge in [-0.25, -0.2) is 4.39 Å². The monoisotopic (exact) mass is 398 g/mol. The third-order valence-corrected chi connectivity index (χ3v) is 5.29. The second-order valence-corrected chi connectivity index (χ2v) is 7.33. The van der Waals surface area contributed by atoms with Crippen LogP contribution in [0.3, 0.4) is 0 Å². The Hall–Kier alpha value is -2.93. The van der Waals surface area contributed by atoms with Gasteiger partial charge in [-0.3, -0.25) is 19.3 Å². The highest BCUT2D eigenvalue weighted by Crippen LogP contribution is 2.33. The zero-order chi connectivity index (χ0) is 20.3. The summed E-state index contributed by atoms with van der Waals surface area (Å²) in [7, 11) is 1.72. The van der Waals surface area contributed by atoms with Crippen LogP contribution >= 0.6 is 11.8 Å². The highest BCUT2D eigenvalue weighted by Gasteiger charge is 2.35. The normalized spacial score (nSPS) is 15.4. The van der Waals surface area contributed by atoms with Gasteiger partial charge in [0.25, 0.3) is 17.1 Å². The molecule has 0 aliphatic carbocycles. The molecule has 0 atom stereocenters. The molecule has 5 nitrogen and oxygen atoms in total. The minimum absolute atomic E-state index is 0.0854. The van der Waals surface area contributed by atoms with Crippen LogP contribution in [-0.4, -0.2) is 40.4 Å². The Labute approximate surface area is 166 Å². The molecule has 1 aliphatic rings. The molecule has 1 fully saturated rings. The topological polar surface area (TPSA) is 57.7 Å². The van der Waals surface area contributed by atoms with Crippen molar-refractivity contribution in [1.29, 1.82) is 0 Å². The van der Waals surface area contributed by atoms with Crippen LogP contribution < -0.4 is 0 Å². The molecule has 1 aliphatic heterocycles. The first-order valence-corrected chi connectivity index (χ1v) is 9.56. The zero-order valence-corrected chi connectivity index (χ0v) is 16.3. The van der Waals surface area contributed by atoms with E-state index in [-0.39, 0.29) is 23.5 Å². The lowest BCUT2D eigenvalue weighted by molar-refractivity contribution is -0.123. The molecule has 0 radical (unpaired) electrons. The number of thioether (sulfide) groups is 1. The van der Waals surface area contributed by atoms with E-state index < -0.39 is 5.91 Å². The Bertz CT molecular complexity index is 956. The molecule has 0 aromatic heterocycles. The lowest BCUT2D eigenvalue weighted by Gasteiger charge is -2.14. The summed E-state index contributed by atoms with van der Waals surface area (Å²) in [5.74, 6) is -0.884. The molecule has 144 valence electrons. The molecule has 1 heterocycles. The number of carbonyl (C=O) groups is 3. The SMILES string of the molecule is CCN(C)C(=O)c1cccc(C=C2SC(=O)N(Cc3ccc(F)cc3)C2=O)c1. The molecule has 0 N–H and O–H groups in total. The molecule has 28 heavy (non-hydrogen) atoms. The van der Waals surface area contributed by atoms with E-state index in [4.69, 9.17) is 0 Å². The van der Waals surface area contributed by atoms with Gasteiger partial charge in [0.15, 0.2) is 0 Å². The Morgan fingerprint density at radius 3 is 2.57 bits per heavy atom. The number of hydrogen-bond acceptors (Lipinski definition) is 4. The van der Waals surface area contributed by atoms with Crippen molar-refractivity contribution in [2.45, 2.75) is 13.5 Å². The maximum atomic E-state index is 13.0. The molecule has 3 rings (SSSR count). The summed E-state index contributed by atoms with van der Waals surface area (Å²) in [5, 5.41) is -0.376. The molecular weight excluding hydrogens is 379 g/mol. The third-order valence-electron chi connectivity index (χ3n) is 4.38. The summed E-state index contributed by atoms with van der Waals surface area (Å²) in [6.45, 7) is 2.56. The van der Waals surface area contributed by atoms with Crippen LogP contribution in [0.1, 0.15) is 28.4 Å². The number of carbonyl (C=O) groups excluding carboxylic acids is 3. The lowest BCUT2D eigenvalue weighted by atomic mass is 10.1. The van der Waals surface area contributed by atoms with Gasteiger partial charge in [-0.05, 0) is 60.2 Å². The van der Waals surface area contributed by atoms with Crippen LogP contribution in [0, 0.1) is 5.82 Å². The van der Waals surface area contributed by atoms with Gasteiger partial charge >= 0.3 is 0 Å². The van der Waals surface area contributed by atoms with Crippen molar-refractivity contribution in [3.63, 3.8) is 0 Å². The highest BCUT2D eigenvalue weighted by atomic mass is 32.2. The van der Waals surface area contributed by atoms with E-state index in [1.807, 2.05) is 6.92 Å². The second kappa shape index (κ2) is 8.39. The number of amides is 3. The van der Waals surface area contributed by atoms with Gasteiger partial charge in [0.05, 0.1) is 11.4 Å². The smallest absolute Gasteiger partial charge is 0.293 e. The molecule has 0 bridgehead atoms. The van der Waals surface area contributed by atoms with Crippen LogP contribution in [0.2, 0.25) is 0 Å². The predicted octanol–water partition coefficient (Wildman–Crippen LogP) is 4.15. The van der Waals surface area contributed by atoms with Gasteiger partial charge in [-0.2, -0.15) is 0 Å². The van der Waals surface area contributed by atoms with Gasteiger partial charge < -0.3 is 4.90 Å². The number of hydrogen-bond donors (Lipinski definition) is 0. The van der Waals surface area contributed by atoms with Gasteiger partial charge in [0.1, 0.15) is 5.82 Å². The third kappa shape index (κ3) is 4.31. The fourth-order valence-corrected chi connectivity index (χ4v) is 3.52. The van der Waals surface area contributed by atoms with E-state index in [9.17, 15) is 18.8 Å². The first-order chi connectivity index (χ1) is 13.4. The number of nitrogens with zero attached hydrogens (tertiary/aromatic N) is 2. The summed E-state index contributed by atoms with van der Waals surface area (Å²) in [5.41, 5.74) is 1.85. The summed E-state index contributed by atoms with van der Waals surface area (Å²) in [6.07, 6.45) is 1.61. The van der Waals surface area contributed by atoms with Crippen molar-refractivity contribution in [1.82, 2.24) is 9.80 Å². The number of halogens is 1. The quantitative estimate of drug-likeness (QED) is 0.710. The molecule has 2 aromatic rings. The van der Waals surface area contributed by atoms with Crippen LogP contribution in [0.15, 0.2) is 53.4 Å². The van der Waals surface area contributed by atoms with E-state index in [0.717, 1.165) is 16.7 Å². The summed E-state index contributed by atoms with van der Waals surface area (Å²) < 4.78 is 13.0. The van der Waals surface area contributed by atoms with Crippen LogP contribution in [-0.2, 0) is 11.3 Å². The molecular formula is C21H19FN2O3S. The predicted molar refractivity (Wildman–Crippen MR) is 107 cm³/mol. The van der Waals surface area contributed by atoms with Crippen molar-refractivity contribution in [3.05, 3.63) is 75.9 Å². The van der Waals surface area contributed by atoms with E-state index in [1.165, 1.54) is 12.1 Å². The van der Waals surface area contributed by atoms with Crippen LogP contribution in [0.25, 0.3) is 6.08 Å². The maximum Gasteiger partial charge on any atom is 0.293 e. The maximum absolute atomic E-state index is 13.0. The Kier molecular flexibility index (Phi) is 5.94. The highest BCUT2D eigenvalue weighted by molar-refractivity contribution is 8.18. The molecule has 3 amide bonds. The molecule has 0 spiro atoms. The fraction of sp³-hybridized carbons (Fsp3) is 0.190. The minimum Gasteiger partial charge on any atom is -0.342 e. The lowest BCUT2D eigenvalue weighted by Crippen LogP contribution is -2.27. The van der Waals surface area contributed by atoms with Gasteiger partial charge in [-0.1, -0.05) is 24.3 Å². The average molecular weight is 398 g/mol. The van der Waals surface area contributed by atoms with E-state index in [1.54, 1.807) is 54.4 Å². The fourth-order valence-electron chi connectivity index (χ4n) is 2.69. The van der Waals surface area contributed by atoms with E-state index >= 15 is 0 Å². The Balaban J connectivity index is 1.80. The average Bonchev–Trinajstić information content (AvgIpc) is 2.96. The molecule has 1 saturated heterocycles. The minimum atomic E-state index is -0.401. The van der Waals surface area contributed by atoms with Crippen molar-refractivity contribution in [2.75, 3.05) is 13.6 Å². The van der Waals surface area contributed by atoms with E-state index in [0.29, 0.717) is 28.1 Å². The Morgan fingerprint density at radius 1 is 1.18 bits per heavy atom. The second-order valence-electron chi connectivity index (χ2n) is 6.34. The summed E-state index contributed by atoms with van der Waals surface area (Å²) >= 11 is 0.853. The molecule has 0 unspecified atom stereocenters. The van der Waals surface area contributed by atoms with Crippen LogP contribution in [0.5, 0.6) is 0 Å². The number of benzene rings is 2. The zero-order valence-electron chi connectivity index (χ0n) is 15.5. The van der Waals surface area contributed by atoms with Crippen molar-refractivity contribution in [2.24, 2.45) is 0 Å². The molecule has 2 aromatic carbocycles. The summed E-state index contributed by atoms with van der Waals surface area (Å²) in [4.78, 5) is 40.2. The van der Waals surface area contributed by atoms with Crippen molar-refractivity contribution >= 4 is 34.9 Å². The first kappa shape index (κ1) is 19.8. The first-order valence-electron chi connectivity index (χ1n) is 8.74. The van der Waals surface area contributed by atoms with Crippen LogP contribution in [0.4, 0.5) is 9.18 Å². The number of imide groups is 1. The van der Waals surface area contributed by atoms with E-state index in [2.05, 4.69) is 0 Å².